The average Bonchev–Trinajstić information content (AvgIpc) is 2.44. The Morgan fingerprint density at radius 1 is 0.810 bits per heavy atom. The minimum absolute atomic E-state index is 0. The molecule has 0 atom stereocenters. The molecule has 0 bridgehead atoms. The van der Waals surface area contributed by atoms with Crippen molar-refractivity contribution in [2.24, 2.45) is 0 Å². The van der Waals surface area contributed by atoms with Crippen molar-refractivity contribution in [3.63, 3.8) is 0 Å². The van der Waals surface area contributed by atoms with Crippen LogP contribution in [0.2, 0.25) is 21.3 Å². The van der Waals surface area contributed by atoms with Crippen molar-refractivity contribution in [1.29, 1.82) is 0 Å². The van der Waals surface area contributed by atoms with E-state index in [1.54, 1.807) is 0 Å². The van der Waals surface area contributed by atoms with Crippen LogP contribution in [0.4, 0.5) is 0 Å². The van der Waals surface area contributed by atoms with E-state index < -0.39 is 11.9 Å². The van der Waals surface area contributed by atoms with Gasteiger partial charge < -0.3 is 12.4 Å². The quantitative estimate of drug-likeness (QED) is 0.134. The van der Waals surface area contributed by atoms with Gasteiger partial charge in [0.25, 0.3) is 0 Å². The molecule has 0 aromatic carbocycles. The second kappa shape index (κ2) is 42.7. The van der Waals surface area contributed by atoms with Crippen molar-refractivity contribution in [1.82, 2.24) is 0 Å². The van der Waals surface area contributed by atoms with Crippen LogP contribution in [0.5, 0.6) is 0 Å². The summed E-state index contributed by atoms with van der Waals surface area (Å²) in [6.07, 6.45) is 0.987. The van der Waals surface area contributed by atoms with E-state index in [-0.39, 0.29) is 62.7 Å². The molecule has 0 unspecified atom stereocenters. The van der Waals surface area contributed by atoms with E-state index in [9.17, 15) is 9.59 Å². The number of rotatable bonds is 8. The summed E-state index contributed by atoms with van der Waals surface area (Å²) in [5, 5.41) is 19.2. The zero-order valence-corrected chi connectivity index (χ0v) is 17.4. The van der Waals surface area contributed by atoms with Gasteiger partial charge >= 0.3 is 123 Å². The maximum Gasteiger partial charge on any atom is 0 e. The standard InChI is InChI=1S/C7H12O4Se2.3CO.ClH.Re/c8-6(9)4-12-2-1-3-13-5-7(10)11;3*1-2;;/h1-5H2,(H,8,9)(H,10,11);;;;1H;/p-1. The van der Waals surface area contributed by atoms with Gasteiger partial charge in [-0.05, 0) is 0 Å². The van der Waals surface area contributed by atoms with Gasteiger partial charge in [-0.25, -0.2) is 0 Å². The molecule has 2 N–H and O–H groups in total. The molecule has 0 saturated heterocycles. The Balaban J connectivity index is -0.0000000622. The molecule has 0 amide bonds. The van der Waals surface area contributed by atoms with E-state index in [0.717, 1.165) is 17.1 Å². The van der Waals surface area contributed by atoms with Crippen LogP contribution < -0.4 is 12.4 Å². The Kier molecular flexibility index (Phi) is 76.1. The molecule has 0 aliphatic carbocycles. The second-order valence-electron chi connectivity index (χ2n) is 2.25. The van der Waals surface area contributed by atoms with Crippen LogP contribution >= 0.6 is 0 Å². The number of hydrogen-bond acceptors (Lipinski definition) is 2. The molecule has 21 heavy (non-hydrogen) atoms. The molecule has 121 valence electrons. The smallest absolute Gasteiger partial charge is 0 e. The van der Waals surface area contributed by atoms with Gasteiger partial charge in [-0.15, -0.1) is 0 Å². The topological polar surface area (TPSA) is 134 Å². The van der Waals surface area contributed by atoms with Crippen molar-refractivity contribution in [3.05, 3.63) is 20.0 Å². The largest absolute Gasteiger partial charge is 1.00 e. The van der Waals surface area contributed by atoms with Gasteiger partial charge in [0, 0.05) is 20.4 Å². The van der Waals surface area contributed by atoms with Gasteiger partial charge in [0.15, 0.2) is 0 Å². The normalized spacial score (nSPS) is 6.38. The average molecular weight is 624 g/mol. The molecule has 1 radical (unpaired) electrons. The Morgan fingerprint density at radius 2 is 1.05 bits per heavy atom. The van der Waals surface area contributed by atoms with Gasteiger partial charge in [-0.2, -0.15) is 0 Å². The summed E-state index contributed by atoms with van der Waals surface area (Å²) in [6, 6.07) is 0. The Hall–Kier alpha value is 0.151. The summed E-state index contributed by atoms with van der Waals surface area (Å²) in [5.74, 6) is -1.45. The van der Waals surface area contributed by atoms with Gasteiger partial charge in [0.2, 0.25) is 0 Å². The fourth-order valence-electron chi connectivity index (χ4n) is 0.582. The fraction of sp³-hybridized carbons (Fsp3) is 0.500. The van der Waals surface area contributed by atoms with E-state index in [1.807, 2.05) is 0 Å². The predicted molar refractivity (Wildman–Crippen MR) is 62.4 cm³/mol. The molecule has 0 aromatic rings. The summed E-state index contributed by atoms with van der Waals surface area (Å²) in [4.78, 5) is 20.2. The van der Waals surface area contributed by atoms with E-state index in [4.69, 9.17) is 24.2 Å². The second-order valence-corrected chi connectivity index (χ2v) is 6.88. The van der Waals surface area contributed by atoms with Crippen LogP contribution in [0, 0.1) is 20.0 Å². The maximum atomic E-state index is 10.1. The first-order valence-corrected chi connectivity index (χ1v) is 9.17. The predicted octanol–water partition coefficient (Wildman–Crippen LogP) is -2.48. The molecular formula is C10H12ClO7ReSe2-. The SMILES string of the molecule is O=C(O)C[Se]CCC[Se]CC(=O)O.[C-]#[O+].[C-]#[O+].[C-]#[O+].[Cl-].[Re]. The maximum absolute atomic E-state index is 10.1. The van der Waals surface area contributed by atoms with E-state index in [0.29, 0.717) is 10.6 Å². The Labute approximate surface area is 155 Å². The molecule has 0 saturated carbocycles. The zero-order chi connectivity index (χ0) is 16.1. The minimum atomic E-state index is -0.726. The number of carbonyl (C=O) groups is 2. The summed E-state index contributed by atoms with van der Waals surface area (Å²) < 4.78 is 22.5. The van der Waals surface area contributed by atoms with E-state index in [1.165, 1.54) is 0 Å². The minimum Gasteiger partial charge on any atom is -1.00 e. The van der Waals surface area contributed by atoms with Crippen molar-refractivity contribution in [2.45, 2.75) is 27.7 Å². The first-order valence-electron chi connectivity index (χ1n) is 4.33. The van der Waals surface area contributed by atoms with Crippen LogP contribution in [-0.4, -0.2) is 52.1 Å². The third-order valence-corrected chi connectivity index (χ3v) is 5.34. The molecule has 0 aliphatic heterocycles. The van der Waals surface area contributed by atoms with E-state index in [2.05, 4.69) is 20.0 Å². The number of halogens is 1. The van der Waals surface area contributed by atoms with Gasteiger partial charge in [-0.1, -0.05) is 0 Å². The summed E-state index contributed by atoms with van der Waals surface area (Å²) in [6.45, 7) is 13.5. The van der Waals surface area contributed by atoms with Crippen LogP contribution in [0.3, 0.4) is 0 Å². The van der Waals surface area contributed by atoms with Crippen molar-refractivity contribution >= 4 is 41.9 Å². The molecule has 11 heteroatoms. The molecule has 0 aromatic heterocycles. The van der Waals surface area contributed by atoms with Crippen LogP contribution in [0.15, 0.2) is 0 Å². The van der Waals surface area contributed by atoms with Crippen molar-refractivity contribution in [2.75, 3.05) is 0 Å². The van der Waals surface area contributed by atoms with Gasteiger partial charge in [-0.3, -0.25) is 0 Å². The molecule has 0 aliphatic rings. The first kappa shape index (κ1) is 37.4. The van der Waals surface area contributed by atoms with E-state index >= 15 is 0 Å². The fourth-order valence-corrected chi connectivity index (χ4v) is 4.31. The van der Waals surface area contributed by atoms with Crippen LogP contribution in [0.25, 0.3) is 0 Å². The van der Waals surface area contributed by atoms with Gasteiger partial charge in [0.05, 0.1) is 0 Å². The Bertz CT molecular complexity index is 252. The summed E-state index contributed by atoms with van der Waals surface area (Å²) >= 11 is 0.399. The third-order valence-electron chi connectivity index (χ3n) is 1.03. The molecule has 0 rings (SSSR count). The van der Waals surface area contributed by atoms with Crippen molar-refractivity contribution in [3.8, 4) is 0 Å². The zero-order valence-electron chi connectivity index (χ0n) is 10.5. The van der Waals surface area contributed by atoms with Crippen LogP contribution in [0.1, 0.15) is 6.42 Å². The number of aliphatic carboxylic acids is 2. The third kappa shape index (κ3) is 64.4. The molecule has 0 fully saturated rings. The van der Waals surface area contributed by atoms with Gasteiger partial charge in [0.1, 0.15) is 0 Å². The molecule has 7 nitrogen and oxygen atoms in total. The molecule has 0 heterocycles. The first-order chi connectivity index (χ1) is 9.13. The Morgan fingerprint density at radius 3 is 1.24 bits per heavy atom. The number of carboxylic acid groups (broad SMARTS) is 2. The molecule has 0 spiro atoms. The van der Waals surface area contributed by atoms with Crippen molar-refractivity contribution < 1.29 is 66.6 Å². The number of hydrogen-bond donors (Lipinski definition) is 2. The summed E-state index contributed by atoms with van der Waals surface area (Å²) in [7, 11) is 0. The monoisotopic (exact) mass is 626 g/mol. The number of carboxylic acids is 2. The van der Waals surface area contributed by atoms with Crippen LogP contribution in [-0.2, 0) is 44.0 Å². The molecular weight excluding hydrogens is 612 g/mol. The summed E-state index contributed by atoms with van der Waals surface area (Å²) in [5.41, 5.74) is 0.